The first kappa shape index (κ1) is 16.4. The summed E-state index contributed by atoms with van der Waals surface area (Å²) in [6, 6.07) is 14.8. The van der Waals surface area contributed by atoms with Crippen LogP contribution in [0.25, 0.3) is 0 Å². The van der Waals surface area contributed by atoms with Gasteiger partial charge in [-0.05, 0) is 43.2 Å². The first-order valence-corrected chi connectivity index (χ1v) is 8.86. The van der Waals surface area contributed by atoms with Crippen LogP contribution in [0.2, 0.25) is 0 Å². The van der Waals surface area contributed by atoms with Gasteiger partial charge in [0.2, 0.25) is 5.91 Å². The molecule has 1 saturated carbocycles. The van der Waals surface area contributed by atoms with Crippen molar-refractivity contribution in [2.75, 3.05) is 23.8 Å². The molecule has 0 aromatic heterocycles. The van der Waals surface area contributed by atoms with E-state index < -0.39 is 0 Å². The highest BCUT2D eigenvalue weighted by Gasteiger charge is 2.29. The van der Waals surface area contributed by atoms with Crippen LogP contribution in [0.4, 0.5) is 16.2 Å². The van der Waals surface area contributed by atoms with Crippen molar-refractivity contribution in [3.05, 3.63) is 54.1 Å². The number of carbonyl (C=O) groups excluding carboxylic acids is 2. The average molecular weight is 351 g/mol. The minimum absolute atomic E-state index is 0.0677. The van der Waals surface area contributed by atoms with Crippen molar-refractivity contribution in [2.24, 2.45) is 5.92 Å². The van der Waals surface area contributed by atoms with Crippen molar-refractivity contribution in [1.82, 2.24) is 4.90 Å². The van der Waals surface area contributed by atoms with Gasteiger partial charge < -0.3 is 20.3 Å². The molecular formula is C20H21N3O3. The number of ether oxygens (including phenoxy) is 1. The van der Waals surface area contributed by atoms with Gasteiger partial charge in [0.25, 0.3) is 0 Å². The molecule has 2 aromatic rings. The number of rotatable bonds is 3. The van der Waals surface area contributed by atoms with Crippen molar-refractivity contribution >= 4 is 23.3 Å². The summed E-state index contributed by atoms with van der Waals surface area (Å²) in [6.45, 7) is 1.36. The molecule has 1 heterocycles. The molecule has 26 heavy (non-hydrogen) atoms. The van der Waals surface area contributed by atoms with Gasteiger partial charge in [0.1, 0.15) is 12.4 Å². The van der Waals surface area contributed by atoms with Crippen LogP contribution >= 0.6 is 0 Å². The standard InChI is InChI=1S/C20H21N3O3/c24-19(14-6-7-14)21-17-8-9-18-15(12-17)13-23(10-11-26-18)20(25)22-16-4-2-1-3-5-16/h1-5,8-9,12,14H,6-7,10-11,13H2,(H,21,24)(H,22,25). The number of hydrogen-bond donors (Lipinski definition) is 2. The van der Waals surface area contributed by atoms with E-state index in [4.69, 9.17) is 4.74 Å². The Morgan fingerprint density at radius 2 is 1.81 bits per heavy atom. The van der Waals surface area contributed by atoms with Crippen molar-refractivity contribution in [3.8, 4) is 5.75 Å². The molecule has 1 fully saturated rings. The smallest absolute Gasteiger partial charge is 0.322 e. The third-order valence-corrected chi connectivity index (χ3v) is 4.57. The molecule has 1 aliphatic heterocycles. The van der Waals surface area contributed by atoms with Crippen molar-refractivity contribution < 1.29 is 14.3 Å². The summed E-state index contributed by atoms with van der Waals surface area (Å²) in [5, 5.41) is 5.85. The van der Waals surface area contributed by atoms with Gasteiger partial charge in [-0.1, -0.05) is 18.2 Å². The fourth-order valence-electron chi connectivity index (χ4n) is 2.96. The highest BCUT2D eigenvalue weighted by molar-refractivity contribution is 5.94. The van der Waals surface area contributed by atoms with E-state index in [1.165, 1.54) is 0 Å². The third kappa shape index (κ3) is 3.79. The van der Waals surface area contributed by atoms with Gasteiger partial charge in [-0.15, -0.1) is 0 Å². The molecule has 2 aliphatic rings. The maximum absolute atomic E-state index is 12.6. The Bertz CT molecular complexity index is 818. The lowest BCUT2D eigenvalue weighted by atomic mass is 10.1. The van der Waals surface area contributed by atoms with Crippen LogP contribution in [-0.4, -0.2) is 30.0 Å². The summed E-state index contributed by atoms with van der Waals surface area (Å²) in [5.74, 6) is 0.973. The van der Waals surface area contributed by atoms with E-state index in [9.17, 15) is 9.59 Å². The van der Waals surface area contributed by atoms with Crippen molar-refractivity contribution in [1.29, 1.82) is 0 Å². The third-order valence-electron chi connectivity index (χ3n) is 4.57. The van der Waals surface area contributed by atoms with Crippen LogP contribution in [0.1, 0.15) is 18.4 Å². The van der Waals surface area contributed by atoms with E-state index in [1.807, 2.05) is 48.5 Å². The van der Waals surface area contributed by atoms with Crippen LogP contribution in [0.5, 0.6) is 5.75 Å². The second-order valence-corrected chi connectivity index (χ2v) is 6.65. The fourth-order valence-corrected chi connectivity index (χ4v) is 2.96. The lowest BCUT2D eigenvalue weighted by Gasteiger charge is -2.20. The number of fused-ring (bicyclic) bond motifs is 1. The number of nitrogens with zero attached hydrogens (tertiary/aromatic N) is 1. The molecule has 4 rings (SSSR count). The average Bonchev–Trinajstić information content (AvgIpc) is 3.49. The van der Waals surface area contributed by atoms with Gasteiger partial charge >= 0.3 is 6.03 Å². The Hall–Kier alpha value is -3.02. The van der Waals surface area contributed by atoms with Crippen molar-refractivity contribution in [3.63, 3.8) is 0 Å². The monoisotopic (exact) mass is 351 g/mol. The quantitative estimate of drug-likeness (QED) is 0.890. The van der Waals surface area contributed by atoms with Crippen LogP contribution in [0, 0.1) is 5.92 Å². The number of carbonyl (C=O) groups is 2. The number of benzene rings is 2. The predicted octanol–water partition coefficient (Wildman–Crippen LogP) is 3.46. The highest BCUT2D eigenvalue weighted by Crippen LogP contribution is 2.31. The number of urea groups is 1. The fraction of sp³-hybridized carbons (Fsp3) is 0.300. The largest absolute Gasteiger partial charge is 0.491 e. The van der Waals surface area contributed by atoms with Gasteiger partial charge in [-0.3, -0.25) is 4.79 Å². The second kappa shape index (κ2) is 7.07. The molecular weight excluding hydrogens is 330 g/mol. The molecule has 0 atom stereocenters. The maximum atomic E-state index is 12.6. The van der Waals surface area contributed by atoms with E-state index >= 15 is 0 Å². The summed E-state index contributed by atoms with van der Waals surface area (Å²) >= 11 is 0. The van der Waals surface area contributed by atoms with E-state index in [0.29, 0.717) is 19.7 Å². The van der Waals surface area contributed by atoms with Gasteiger partial charge in [0.05, 0.1) is 13.1 Å². The van der Waals surface area contributed by atoms with Crippen LogP contribution < -0.4 is 15.4 Å². The van der Waals surface area contributed by atoms with E-state index in [-0.39, 0.29) is 17.9 Å². The van der Waals surface area contributed by atoms with Crippen LogP contribution in [0.15, 0.2) is 48.5 Å². The summed E-state index contributed by atoms with van der Waals surface area (Å²) in [4.78, 5) is 26.3. The zero-order valence-electron chi connectivity index (χ0n) is 14.4. The molecule has 6 nitrogen and oxygen atoms in total. The number of nitrogens with one attached hydrogen (secondary N) is 2. The Morgan fingerprint density at radius 3 is 2.58 bits per heavy atom. The summed E-state index contributed by atoms with van der Waals surface area (Å²) < 4.78 is 5.76. The molecule has 0 saturated heterocycles. The van der Waals surface area contributed by atoms with E-state index in [0.717, 1.165) is 35.5 Å². The Kier molecular flexibility index (Phi) is 4.48. The lowest BCUT2D eigenvalue weighted by molar-refractivity contribution is -0.117. The van der Waals surface area contributed by atoms with E-state index in [2.05, 4.69) is 10.6 Å². The Morgan fingerprint density at radius 1 is 1.00 bits per heavy atom. The summed E-state index contributed by atoms with van der Waals surface area (Å²) in [5.41, 5.74) is 2.39. The first-order valence-electron chi connectivity index (χ1n) is 8.86. The molecule has 0 bridgehead atoms. The number of para-hydroxylation sites is 1. The summed E-state index contributed by atoms with van der Waals surface area (Å²) in [7, 11) is 0. The molecule has 6 heteroatoms. The topological polar surface area (TPSA) is 70.7 Å². The van der Waals surface area contributed by atoms with Crippen molar-refractivity contribution in [2.45, 2.75) is 19.4 Å². The lowest BCUT2D eigenvalue weighted by Crippen LogP contribution is -2.36. The molecule has 134 valence electrons. The molecule has 3 amide bonds. The normalized spacial score (nSPS) is 16.1. The number of hydrogen-bond acceptors (Lipinski definition) is 3. The van der Waals surface area contributed by atoms with Crippen LogP contribution in [0.3, 0.4) is 0 Å². The maximum Gasteiger partial charge on any atom is 0.322 e. The number of anilines is 2. The second-order valence-electron chi connectivity index (χ2n) is 6.65. The highest BCUT2D eigenvalue weighted by atomic mass is 16.5. The molecule has 0 unspecified atom stereocenters. The molecule has 0 radical (unpaired) electrons. The minimum atomic E-state index is -0.167. The first-order chi connectivity index (χ1) is 12.7. The van der Waals surface area contributed by atoms with Gasteiger partial charge in [0.15, 0.2) is 0 Å². The van der Waals surface area contributed by atoms with Gasteiger partial charge in [-0.25, -0.2) is 4.79 Å². The Balaban J connectivity index is 1.47. The molecule has 1 aliphatic carbocycles. The zero-order valence-corrected chi connectivity index (χ0v) is 14.4. The van der Waals surface area contributed by atoms with Gasteiger partial charge in [0, 0.05) is 22.9 Å². The molecule has 0 spiro atoms. The summed E-state index contributed by atoms with van der Waals surface area (Å²) in [6.07, 6.45) is 1.93. The van der Waals surface area contributed by atoms with E-state index in [1.54, 1.807) is 4.90 Å². The zero-order chi connectivity index (χ0) is 17.9. The SMILES string of the molecule is O=C(Nc1ccc2c(c1)CN(C(=O)Nc1ccccc1)CCO2)C1CC1. The van der Waals surface area contributed by atoms with Crippen LogP contribution in [-0.2, 0) is 11.3 Å². The molecule has 2 N–H and O–H groups in total. The van der Waals surface area contributed by atoms with Gasteiger partial charge in [-0.2, -0.15) is 0 Å². The number of amides is 3. The predicted molar refractivity (Wildman–Crippen MR) is 99.2 cm³/mol. The molecule has 2 aromatic carbocycles. The minimum Gasteiger partial charge on any atom is -0.491 e. The Labute approximate surface area is 152 Å².